The summed E-state index contributed by atoms with van der Waals surface area (Å²) in [6.07, 6.45) is 2.36. The Kier molecular flexibility index (Phi) is 5.42. The minimum absolute atomic E-state index is 0.127. The molecule has 1 aliphatic rings. The Hall–Kier alpha value is -3.81. The second-order valence-electron chi connectivity index (χ2n) is 6.67. The van der Waals surface area contributed by atoms with Gasteiger partial charge in [0.15, 0.2) is 18.2 Å². The lowest BCUT2D eigenvalue weighted by molar-refractivity contribution is -0.122. The minimum atomic E-state index is -0.347. The molecule has 1 aromatic heterocycles. The average molecular weight is 390 g/mol. The number of para-hydroxylation sites is 1. The van der Waals surface area contributed by atoms with Crippen LogP contribution in [0.5, 0.6) is 5.75 Å². The molecule has 0 saturated heterocycles. The number of hydrazine groups is 1. The molecule has 4 rings (SSSR count). The number of fused-ring (bicyclic) bond motifs is 1. The van der Waals surface area contributed by atoms with E-state index in [1.807, 2.05) is 24.3 Å². The number of anilines is 3. The van der Waals surface area contributed by atoms with E-state index in [4.69, 9.17) is 10.5 Å². The van der Waals surface area contributed by atoms with E-state index < -0.39 is 0 Å². The number of nitrogens with zero attached hydrogens (tertiary/aromatic N) is 3. The molecule has 1 aliphatic heterocycles. The third-order valence-electron chi connectivity index (χ3n) is 4.73. The van der Waals surface area contributed by atoms with Gasteiger partial charge in [0.1, 0.15) is 17.8 Å². The normalized spacial score (nSPS) is 12.8. The number of nitrogens with two attached hydrogens (primary N) is 1. The fourth-order valence-corrected chi connectivity index (χ4v) is 3.24. The lowest BCUT2D eigenvalue weighted by atomic mass is 10.00. The Bertz CT molecular complexity index is 995. The second kappa shape index (κ2) is 8.47. The largest absolute Gasteiger partial charge is 0.484 e. The van der Waals surface area contributed by atoms with E-state index in [0.29, 0.717) is 23.1 Å². The highest BCUT2D eigenvalue weighted by atomic mass is 16.5. The molecule has 4 N–H and O–H groups in total. The summed E-state index contributed by atoms with van der Waals surface area (Å²) >= 11 is 0. The summed E-state index contributed by atoms with van der Waals surface area (Å²) in [7, 11) is 0. The Morgan fingerprint density at radius 1 is 1.07 bits per heavy atom. The van der Waals surface area contributed by atoms with E-state index in [0.717, 1.165) is 19.5 Å². The van der Waals surface area contributed by atoms with E-state index in [9.17, 15) is 4.79 Å². The first-order valence-corrected chi connectivity index (χ1v) is 9.35. The van der Waals surface area contributed by atoms with Gasteiger partial charge in [0.05, 0.1) is 0 Å². The molecule has 2 heterocycles. The van der Waals surface area contributed by atoms with Crippen LogP contribution in [-0.2, 0) is 17.8 Å². The third kappa shape index (κ3) is 4.37. The van der Waals surface area contributed by atoms with Crippen LogP contribution in [0.3, 0.4) is 0 Å². The summed E-state index contributed by atoms with van der Waals surface area (Å²) in [4.78, 5) is 22.6. The van der Waals surface area contributed by atoms with Gasteiger partial charge in [-0.15, -0.1) is 0 Å². The summed E-state index contributed by atoms with van der Waals surface area (Å²) in [5.74, 6) is 1.27. The third-order valence-corrected chi connectivity index (χ3v) is 4.73. The molecule has 8 nitrogen and oxygen atoms in total. The molecule has 0 bridgehead atoms. The first-order valence-electron chi connectivity index (χ1n) is 9.35. The zero-order chi connectivity index (χ0) is 20.1. The lowest BCUT2D eigenvalue weighted by Crippen LogP contribution is -2.35. The zero-order valence-corrected chi connectivity index (χ0v) is 15.8. The van der Waals surface area contributed by atoms with Gasteiger partial charge in [-0.25, -0.2) is 9.97 Å². The quantitative estimate of drug-likeness (QED) is 0.554. The summed E-state index contributed by atoms with van der Waals surface area (Å²) in [5.41, 5.74) is 14.6. The monoisotopic (exact) mass is 390 g/mol. The summed E-state index contributed by atoms with van der Waals surface area (Å²) < 4.78 is 5.41. The highest BCUT2D eigenvalue weighted by Crippen LogP contribution is 2.29. The number of ether oxygens (including phenoxy) is 1. The van der Waals surface area contributed by atoms with Crippen LogP contribution in [0, 0.1) is 0 Å². The van der Waals surface area contributed by atoms with Crippen LogP contribution in [0.25, 0.3) is 0 Å². The predicted molar refractivity (Wildman–Crippen MR) is 111 cm³/mol. The van der Waals surface area contributed by atoms with E-state index in [-0.39, 0.29) is 12.5 Å². The fourth-order valence-electron chi connectivity index (χ4n) is 3.24. The Labute approximate surface area is 168 Å². The number of hydrogen-bond acceptors (Lipinski definition) is 7. The van der Waals surface area contributed by atoms with Crippen molar-refractivity contribution in [2.24, 2.45) is 0 Å². The van der Waals surface area contributed by atoms with Gasteiger partial charge in [-0.2, -0.15) is 0 Å². The first kappa shape index (κ1) is 18.5. The van der Waals surface area contributed by atoms with Gasteiger partial charge in [0.25, 0.3) is 5.91 Å². The number of nitrogen functional groups attached to an aromatic ring is 1. The summed E-state index contributed by atoms with van der Waals surface area (Å²) in [6, 6.07) is 17.5. The van der Waals surface area contributed by atoms with Crippen LogP contribution in [0.4, 0.5) is 17.3 Å². The number of rotatable bonds is 6. The zero-order valence-electron chi connectivity index (χ0n) is 15.8. The molecule has 0 radical (unpaired) electrons. The molecule has 0 aliphatic carbocycles. The van der Waals surface area contributed by atoms with Crippen molar-refractivity contribution in [1.82, 2.24) is 15.4 Å². The van der Waals surface area contributed by atoms with Crippen LogP contribution < -0.4 is 26.2 Å². The Morgan fingerprint density at radius 2 is 1.83 bits per heavy atom. The minimum Gasteiger partial charge on any atom is -0.484 e. The van der Waals surface area contributed by atoms with E-state index in [2.05, 4.69) is 43.9 Å². The van der Waals surface area contributed by atoms with Crippen molar-refractivity contribution in [3.8, 4) is 5.75 Å². The van der Waals surface area contributed by atoms with E-state index in [1.54, 1.807) is 12.1 Å². The van der Waals surface area contributed by atoms with Gasteiger partial charge in [0, 0.05) is 13.1 Å². The standard InChI is InChI=1S/C21H22N6O2/c22-19-20(26-25-18(28)13-29-17-8-2-1-3-9-17)23-14-24-21(19)27-11-10-15-6-4-5-7-16(15)12-27/h1-9,14H,10-13,22H2,(H,25,28)(H,23,24,26). The maximum Gasteiger partial charge on any atom is 0.276 e. The van der Waals surface area contributed by atoms with Crippen LogP contribution in [-0.4, -0.2) is 29.0 Å². The average Bonchev–Trinajstić information content (AvgIpc) is 2.77. The predicted octanol–water partition coefficient (Wildman–Crippen LogP) is 2.14. The van der Waals surface area contributed by atoms with Crippen LogP contribution in [0.2, 0.25) is 0 Å². The highest BCUT2D eigenvalue weighted by Gasteiger charge is 2.20. The molecule has 0 unspecified atom stereocenters. The number of carbonyl (C=O) groups excluding carboxylic acids is 1. The van der Waals surface area contributed by atoms with Gasteiger partial charge >= 0.3 is 0 Å². The van der Waals surface area contributed by atoms with Crippen LogP contribution >= 0.6 is 0 Å². The summed E-state index contributed by atoms with van der Waals surface area (Å²) in [6.45, 7) is 1.42. The highest BCUT2D eigenvalue weighted by molar-refractivity contribution is 5.81. The van der Waals surface area contributed by atoms with Gasteiger partial charge in [-0.05, 0) is 29.7 Å². The van der Waals surface area contributed by atoms with E-state index >= 15 is 0 Å². The first-order chi connectivity index (χ1) is 14.2. The van der Waals surface area contributed by atoms with Gasteiger partial charge < -0.3 is 15.4 Å². The maximum absolute atomic E-state index is 12.0. The fraction of sp³-hybridized carbons (Fsp3) is 0.190. The van der Waals surface area contributed by atoms with Gasteiger partial charge in [0.2, 0.25) is 0 Å². The molecular formula is C21H22N6O2. The topological polar surface area (TPSA) is 105 Å². The molecule has 0 saturated carbocycles. The smallest absolute Gasteiger partial charge is 0.276 e. The molecule has 0 atom stereocenters. The molecule has 0 fully saturated rings. The van der Waals surface area contributed by atoms with Crippen molar-refractivity contribution in [1.29, 1.82) is 0 Å². The summed E-state index contributed by atoms with van der Waals surface area (Å²) in [5, 5.41) is 0. The second-order valence-corrected chi connectivity index (χ2v) is 6.67. The molecule has 1 amide bonds. The van der Waals surface area contributed by atoms with Gasteiger partial charge in [-0.1, -0.05) is 42.5 Å². The molecule has 0 spiro atoms. The van der Waals surface area contributed by atoms with Crippen LogP contribution in [0.15, 0.2) is 60.9 Å². The van der Waals surface area contributed by atoms with Crippen molar-refractivity contribution >= 4 is 23.2 Å². The number of benzene rings is 2. The van der Waals surface area contributed by atoms with Crippen molar-refractivity contribution in [2.75, 3.05) is 29.2 Å². The number of hydrogen-bond donors (Lipinski definition) is 3. The van der Waals surface area contributed by atoms with E-state index in [1.165, 1.54) is 17.5 Å². The Balaban J connectivity index is 1.38. The number of carbonyl (C=O) groups is 1. The molecule has 3 aromatic rings. The SMILES string of the molecule is Nc1c(NNC(=O)COc2ccccc2)ncnc1N1CCc2ccccc2C1. The molecule has 29 heavy (non-hydrogen) atoms. The number of nitrogens with one attached hydrogen (secondary N) is 2. The molecule has 8 heteroatoms. The lowest BCUT2D eigenvalue weighted by Gasteiger charge is -2.30. The van der Waals surface area contributed by atoms with Crippen molar-refractivity contribution < 1.29 is 9.53 Å². The molecular weight excluding hydrogens is 368 g/mol. The Morgan fingerprint density at radius 3 is 2.66 bits per heavy atom. The number of aromatic nitrogens is 2. The van der Waals surface area contributed by atoms with Crippen molar-refractivity contribution in [2.45, 2.75) is 13.0 Å². The van der Waals surface area contributed by atoms with Crippen molar-refractivity contribution in [3.63, 3.8) is 0 Å². The number of amides is 1. The van der Waals surface area contributed by atoms with Gasteiger partial charge in [-0.3, -0.25) is 15.6 Å². The van der Waals surface area contributed by atoms with Crippen LogP contribution in [0.1, 0.15) is 11.1 Å². The maximum atomic E-state index is 12.0. The molecule has 2 aromatic carbocycles. The van der Waals surface area contributed by atoms with Crippen molar-refractivity contribution in [3.05, 3.63) is 72.1 Å². The molecule has 148 valence electrons.